The van der Waals surface area contributed by atoms with E-state index < -0.39 is 0 Å². The van der Waals surface area contributed by atoms with Crippen LogP contribution in [0.3, 0.4) is 0 Å². The Labute approximate surface area is 241 Å². The molecule has 0 spiro atoms. The van der Waals surface area contributed by atoms with Crippen LogP contribution in [0.4, 0.5) is 11.4 Å². The van der Waals surface area contributed by atoms with Gasteiger partial charge in [0.25, 0.3) is 0 Å². The normalized spacial score (nSPS) is 11.6. The van der Waals surface area contributed by atoms with Gasteiger partial charge in [0.15, 0.2) is 0 Å². The second-order valence-electron chi connectivity index (χ2n) is 12.3. The van der Waals surface area contributed by atoms with Crippen LogP contribution in [0.15, 0.2) is 66.7 Å². The van der Waals surface area contributed by atoms with Gasteiger partial charge in [-0.1, -0.05) is 74.9 Å². The number of hydrogen-bond donors (Lipinski definition) is 1. The van der Waals surface area contributed by atoms with E-state index in [1.807, 2.05) is 0 Å². The number of aryl methyl sites for hydroxylation is 5. The van der Waals surface area contributed by atoms with Crippen molar-refractivity contribution in [2.24, 2.45) is 0 Å². The number of ether oxygens (including phenoxy) is 1. The van der Waals surface area contributed by atoms with Crippen molar-refractivity contribution < 1.29 is 9.84 Å². The minimum absolute atomic E-state index is 0.183. The summed E-state index contributed by atoms with van der Waals surface area (Å²) in [5.41, 5.74) is 13.8. The second kappa shape index (κ2) is 11.9. The number of hydrogen-bond acceptors (Lipinski definition) is 3. The lowest BCUT2D eigenvalue weighted by Crippen LogP contribution is -2.22. The summed E-state index contributed by atoms with van der Waals surface area (Å²) in [6.07, 6.45) is 0.837. The van der Waals surface area contributed by atoms with Gasteiger partial charge in [0.1, 0.15) is 5.75 Å². The number of aromatic hydroxyl groups is 1. The van der Waals surface area contributed by atoms with Gasteiger partial charge in [0, 0.05) is 37.1 Å². The predicted molar refractivity (Wildman–Crippen MR) is 171 cm³/mol. The molecule has 1 N–H and O–H groups in total. The molecular formula is C37H45NO2. The van der Waals surface area contributed by atoms with Crippen LogP contribution >= 0.6 is 0 Å². The molecule has 210 valence electrons. The first-order valence-electron chi connectivity index (χ1n) is 14.3. The molecule has 0 saturated carbocycles. The van der Waals surface area contributed by atoms with E-state index in [4.69, 9.17) is 4.74 Å². The maximum Gasteiger partial charge on any atom is 0.142 e. The highest BCUT2D eigenvalue weighted by molar-refractivity contribution is 5.87. The Kier molecular flexibility index (Phi) is 8.75. The largest absolute Gasteiger partial charge is 0.505 e. The van der Waals surface area contributed by atoms with Crippen LogP contribution in [0.2, 0.25) is 0 Å². The number of para-hydroxylation sites is 1. The summed E-state index contributed by atoms with van der Waals surface area (Å²) < 4.78 is 5.43. The van der Waals surface area contributed by atoms with E-state index in [0.717, 1.165) is 41.0 Å². The highest BCUT2D eigenvalue weighted by atomic mass is 16.5. The van der Waals surface area contributed by atoms with Crippen molar-refractivity contribution in [3.8, 4) is 28.0 Å². The maximum absolute atomic E-state index is 11.6. The van der Waals surface area contributed by atoms with Crippen LogP contribution in [-0.2, 0) is 10.2 Å². The Hall–Kier alpha value is -3.56. The van der Waals surface area contributed by atoms with E-state index in [9.17, 15) is 5.11 Å². The molecule has 3 heteroatoms. The number of phenolic OH excluding ortho intramolecular Hbond substituents is 1. The molecule has 0 aromatic heterocycles. The molecule has 0 aliphatic rings. The maximum atomic E-state index is 11.6. The van der Waals surface area contributed by atoms with Crippen LogP contribution < -0.4 is 4.90 Å². The lowest BCUT2D eigenvalue weighted by Gasteiger charge is -2.31. The Morgan fingerprint density at radius 2 is 1.32 bits per heavy atom. The van der Waals surface area contributed by atoms with Crippen molar-refractivity contribution in [1.82, 2.24) is 0 Å². The third-order valence-corrected chi connectivity index (χ3v) is 7.61. The molecular weight excluding hydrogens is 490 g/mol. The van der Waals surface area contributed by atoms with Crippen molar-refractivity contribution in [2.45, 2.75) is 67.2 Å². The van der Waals surface area contributed by atoms with Crippen molar-refractivity contribution >= 4 is 11.4 Å². The first-order valence-corrected chi connectivity index (χ1v) is 14.3. The van der Waals surface area contributed by atoms with Crippen LogP contribution in [0.25, 0.3) is 22.3 Å². The Bertz CT molecular complexity index is 1490. The monoisotopic (exact) mass is 535 g/mol. The smallest absolute Gasteiger partial charge is 0.142 e. The van der Waals surface area contributed by atoms with Gasteiger partial charge in [-0.3, -0.25) is 0 Å². The SMILES string of the molecule is COCCCN(c1ccccc1-c1cc(C)cc(-c2c(C)cc(C)cc2C)c1)c1cc(C)cc(C(C)(C)C)c1O. The third-order valence-electron chi connectivity index (χ3n) is 7.61. The Morgan fingerprint density at radius 3 is 1.98 bits per heavy atom. The topological polar surface area (TPSA) is 32.7 Å². The second-order valence-corrected chi connectivity index (χ2v) is 12.3. The molecule has 4 aromatic rings. The van der Waals surface area contributed by atoms with E-state index in [2.05, 4.69) is 127 Å². The summed E-state index contributed by atoms with van der Waals surface area (Å²) in [6, 6.07) is 24.2. The van der Waals surface area contributed by atoms with E-state index in [1.165, 1.54) is 38.9 Å². The first kappa shape index (κ1) is 29.4. The molecule has 0 radical (unpaired) electrons. The zero-order valence-corrected chi connectivity index (χ0v) is 25.8. The van der Waals surface area contributed by atoms with Gasteiger partial charge in [0.2, 0.25) is 0 Å². The molecule has 0 atom stereocenters. The van der Waals surface area contributed by atoms with Crippen molar-refractivity contribution in [2.75, 3.05) is 25.2 Å². The molecule has 0 aliphatic carbocycles. The van der Waals surface area contributed by atoms with Gasteiger partial charge in [-0.05, 0) is 104 Å². The average molecular weight is 536 g/mol. The molecule has 0 saturated heterocycles. The zero-order valence-electron chi connectivity index (χ0n) is 25.8. The minimum Gasteiger partial charge on any atom is -0.505 e. The first-order chi connectivity index (χ1) is 18.9. The zero-order chi connectivity index (χ0) is 29.2. The quantitative estimate of drug-likeness (QED) is 0.228. The highest BCUT2D eigenvalue weighted by Gasteiger charge is 2.25. The van der Waals surface area contributed by atoms with Gasteiger partial charge in [0.05, 0.1) is 5.69 Å². The molecule has 0 amide bonds. The number of anilines is 2. The number of benzene rings is 4. The number of nitrogens with zero attached hydrogens (tertiary/aromatic N) is 1. The fraction of sp³-hybridized carbons (Fsp3) is 0.351. The molecule has 0 aliphatic heterocycles. The highest BCUT2D eigenvalue weighted by Crippen LogP contribution is 2.44. The number of phenols is 1. The predicted octanol–water partition coefficient (Wildman–Crippen LogP) is 9.74. The summed E-state index contributed by atoms with van der Waals surface area (Å²) in [7, 11) is 1.74. The summed E-state index contributed by atoms with van der Waals surface area (Å²) >= 11 is 0. The molecule has 4 rings (SSSR count). The van der Waals surface area contributed by atoms with E-state index >= 15 is 0 Å². The molecule has 0 unspecified atom stereocenters. The van der Waals surface area contributed by atoms with Crippen LogP contribution in [0.5, 0.6) is 5.75 Å². The Morgan fingerprint density at radius 1 is 0.725 bits per heavy atom. The molecule has 40 heavy (non-hydrogen) atoms. The molecule has 0 bridgehead atoms. The summed E-state index contributed by atoms with van der Waals surface area (Å²) in [6.45, 7) is 18.7. The van der Waals surface area contributed by atoms with Crippen molar-refractivity contribution in [1.29, 1.82) is 0 Å². The van der Waals surface area contributed by atoms with E-state index in [1.54, 1.807) is 7.11 Å². The number of methoxy groups -OCH3 is 1. The van der Waals surface area contributed by atoms with Gasteiger partial charge in [-0.15, -0.1) is 0 Å². The number of rotatable bonds is 8. The minimum atomic E-state index is -0.183. The lowest BCUT2D eigenvalue weighted by molar-refractivity contribution is 0.196. The van der Waals surface area contributed by atoms with Crippen LogP contribution in [0, 0.1) is 34.6 Å². The van der Waals surface area contributed by atoms with E-state index in [-0.39, 0.29) is 5.41 Å². The molecule has 4 aromatic carbocycles. The fourth-order valence-corrected chi connectivity index (χ4v) is 5.95. The molecule has 3 nitrogen and oxygen atoms in total. The van der Waals surface area contributed by atoms with Crippen molar-refractivity contribution in [3.05, 3.63) is 100 Å². The van der Waals surface area contributed by atoms with Gasteiger partial charge in [-0.25, -0.2) is 0 Å². The third kappa shape index (κ3) is 6.26. The molecule has 0 fully saturated rings. The lowest BCUT2D eigenvalue weighted by atomic mass is 9.84. The van der Waals surface area contributed by atoms with Gasteiger partial charge in [-0.2, -0.15) is 0 Å². The Balaban J connectivity index is 1.93. The van der Waals surface area contributed by atoms with E-state index in [0.29, 0.717) is 12.4 Å². The van der Waals surface area contributed by atoms with Crippen LogP contribution in [-0.4, -0.2) is 25.4 Å². The van der Waals surface area contributed by atoms with Crippen LogP contribution in [0.1, 0.15) is 60.6 Å². The summed E-state index contributed by atoms with van der Waals surface area (Å²) in [4.78, 5) is 2.27. The fourth-order valence-electron chi connectivity index (χ4n) is 5.95. The van der Waals surface area contributed by atoms with Gasteiger partial charge >= 0.3 is 0 Å². The standard InChI is InChI=1S/C37H45NO2/c1-24-17-27(4)35(28(5)18-24)30-20-25(2)19-29(23-30)31-13-10-11-14-33(31)38(15-12-16-40-9)34-22-26(3)21-32(36(34)39)37(6,7)8/h10-11,13-14,17-23,39H,12,15-16H2,1-9H3. The van der Waals surface area contributed by atoms with Gasteiger partial charge < -0.3 is 14.7 Å². The van der Waals surface area contributed by atoms with Crippen molar-refractivity contribution in [3.63, 3.8) is 0 Å². The summed E-state index contributed by atoms with van der Waals surface area (Å²) in [5, 5.41) is 11.6. The summed E-state index contributed by atoms with van der Waals surface area (Å²) in [5.74, 6) is 0.348. The average Bonchev–Trinajstić information content (AvgIpc) is 2.86. The molecule has 0 heterocycles.